The van der Waals surface area contributed by atoms with Crippen molar-refractivity contribution in [3.63, 3.8) is 0 Å². The van der Waals surface area contributed by atoms with E-state index in [9.17, 15) is 14.4 Å². The first kappa shape index (κ1) is 17.3. The van der Waals surface area contributed by atoms with Gasteiger partial charge in [0.2, 0.25) is 17.7 Å². The van der Waals surface area contributed by atoms with Crippen LogP contribution in [0.2, 0.25) is 0 Å². The average Bonchev–Trinajstić information content (AvgIpc) is 2.56. The molecule has 1 aromatic rings. The maximum Gasteiger partial charge on any atom is 0.230 e. The quantitative estimate of drug-likeness (QED) is 0.763. The van der Waals surface area contributed by atoms with Crippen molar-refractivity contribution in [2.24, 2.45) is 0 Å². The highest BCUT2D eigenvalue weighted by Crippen LogP contribution is 2.26. The van der Waals surface area contributed by atoms with E-state index in [4.69, 9.17) is 0 Å². The Labute approximate surface area is 140 Å². The first-order valence-electron chi connectivity index (χ1n) is 7.55. The number of nitrogens with zero attached hydrogens (tertiary/aromatic N) is 1. The zero-order chi connectivity index (χ0) is 16.7. The Morgan fingerprint density at radius 1 is 1.17 bits per heavy atom. The first-order chi connectivity index (χ1) is 11.1. The molecule has 0 spiro atoms. The summed E-state index contributed by atoms with van der Waals surface area (Å²) in [5.41, 5.74) is 2.10. The van der Waals surface area contributed by atoms with Crippen LogP contribution in [-0.4, -0.2) is 49.4 Å². The topological polar surface area (TPSA) is 78.5 Å². The van der Waals surface area contributed by atoms with Crippen LogP contribution in [0.25, 0.3) is 0 Å². The van der Waals surface area contributed by atoms with Gasteiger partial charge in [-0.05, 0) is 18.1 Å². The Bertz CT molecular complexity index is 592. The molecule has 23 heavy (non-hydrogen) atoms. The summed E-state index contributed by atoms with van der Waals surface area (Å²) in [6.07, 6.45) is 1.28. The van der Waals surface area contributed by atoms with Crippen LogP contribution in [-0.2, 0) is 20.8 Å². The monoisotopic (exact) mass is 335 g/mol. The van der Waals surface area contributed by atoms with E-state index in [1.54, 1.807) is 11.9 Å². The standard InChI is InChI=1S/C16H21N3O3S/c1-17-14(20)10-23-11-15(21)18-8-9-19-13-5-3-2-4-12(13)6-7-16(19)22/h2-5H,6-11H2,1H3,(H,17,20)(H,18,21). The molecule has 1 aliphatic rings. The predicted molar refractivity (Wildman–Crippen MR) is 91.5 cm³/mol. The maximum atomic E-state index is 12.1. The summed E-state index contributed by atoms with van der Waals surface area (Å²) >= 11 is 1.26. The van der Waals surface area contributed by atoms with Gasteiger partial charge in [0.25, 0.3) is 0 Å². The number of thioether (sulfide) groups is 1. The number of para-hydroxylation sites is 1. The molecular weight excluding hydrogens is 314 g/mol. The predicted octanol–water partition coefficient (Wildman–Crippen LogP) is 0.561. The minimum absolute atomic E-state index is 0.0898. The maximum absolute atomic E-state index is 12.1. The van der Waals surface area contributed by atoms with Gasteiger partial charge in [0.1, 0.15) is 0 Å². The minimum Gasteiger partial charge on any atom is -0.358 e. The van der Waals surface area contributed by atoms with Crippen LogP contribution >= 0.6 is 11.8 Å². The van der Waals surface area contributed by atoms with E-state index in [1.807, 2.05) is 24.3 Å². The lowest BCUT2D eigenvalue weighted by molar-refractivity contribution is -0.120. The molecule has 7 heteroatoms. The van der Waals surface area contributed by atoms with Gasteiger partial charge in [-0.1, -0.05) is 18.2 Å². The zero-order valence-corrected chi connectivity index (χ0v) is 13.9. The van der Waals surface area contributed by atoms with Crippen LogP contribution in [0.1, 0.15) is 12.0 Å². The largest absolute Gasteiger partial charge is 0.358 e. The van der Waals surface area contributed by atoms with Gasteiger partial charge in [-0.25, -0.2) is 0 Å². The fourth-order valence-electron chi connectivity index (χ4n) is 2.41. The Morgan fingerprint density at radius 2 is 1.91 bits per heavy atom. The van der Waals surface area contributed by atoms with E-state index in [2.05, 4.69) is 10.6 Å². The third kappa shape index (κ3) is 4.99. The number of aryl methyl sites for hydroxylation is 1. The van der Waals surface area contributed by atoms with E-state index >= 15 is 0 Å². The number of anilines is 1. The SMILES string of the molecule is CNC(=O)CSCC(=O)NCCN1C(=O)CCc2ccccc21. The van der Waals surface area contributed by atoms with Gasteiger partial charge in [0.05, 0.1) is 11.5 Å². The van der Waals surface area contributed by atoms with Crippen molar-refractivity contribution in [3.05, 3.63) is 29.8 Å². The molecule has 0 unspecified atom stereocenters. The molecule has 0 fully saturated rings. The number of fused-ring (bicyclic) bond motifs is 1. The molecule has 6 nitrogen and oxygen atoms in total. The third-order valence-electron chi connectivity index (χ3n) is 3.59. The molecule has 0 atom stereocenters. The molecule has 0 radical (unpaired) electrons. The van der Waals surface area contributed by atoms with Gasteiger partial charge < -0.3 is 15.5 Å². The van der Waals surface area contributed by atoms with Crippen molar-refractivity contribution in [3.8, 4) is 0 Å². The van der Waals surface area contributed by atoms with E-state index < -0.39 is 0 Å². The van der Waals surface area contributed by atoms with Crippen molar-refractivity contribution >= 4 is 35.2 Å². The summed E-state index contributed by atoms with van der Waals surface area (Å²) in [5.74, 6) is 0.363. The van der Waals surface area contributed by atoms with Gasteiger partial charge in [-0.15, -0.1) is 11.8 Å². The van der Waals surface area contributed by atoms with E-state index in [1.165, 1.54) is 17.3 Å². The molecule has 124 valence electrons. The van der Waals surface area contributed by atoms with E-state index in [0.29, 0.717) is 19.5 Å². The molecule has 0 aromatic heterocycles. The van der Waals surface area contributed by atoms with Crippen molar-refractivity contribution in [1.29, 1.82) is 0 Å². The van der Waals surface area contributed by atoms with Crippen LogP contribution in [0.15, 0.2) is 24.3 Å². The fourth-order valence-corrected chi connectivity index (χ4v) is 3.13. The summed E-state index contributed by atoms with van der Waals surface area (Å²) in [6, 6.07) is 7.85. The lowest BCUT2D eigenvalue weighted by Gasteiger charge is -2.29. The highest BCUT2D eigenvalue weighted by Gasteiger charge is 2.23. The Kier molecular flexibility index (Phi) is 6.46. The zero-order valence-electron chi connectivity index (χ0n) is 13.1. The minimum atomic E-state index is -0.128. The number of benzene rings is 1. The highest BCUT2D eigenvalue weighted by atomic mass is 32.2. The number of rotatable bonds is 7. The number of carbonyl (C=O) groups excluding carboxylic acids is 3. The summed E-state index contributed by atoms with van der Waals surface area (Å²) in [5, 5.41) is 5.29. The number of hydrogen-bond acceptors (Lipinski definition) is 4. The highest BCUT2D eigenvalue weighted by molar-refractivity contribution is 8.00. The lowest BCUT2D eigenvalue weighted by atomic mass is 10.0. The van der Waals surface area contributed by atoms with Gasteiger partial charge in [0, 0.05) is 32.2 Å². The summed E-state index contributed by atoms with van der Waals surface area (Å²) in [4.78, 5) is 36.6. The molecule has 0 saturated carbocycles. The number of hydrogen-bond donors (Lipinski definition) is 2. The molecule has 2 rings (SSSR count). The van der Waals surface area contributed by atoms with Crippen LogP contribution in [0.4, 0.5) is 5.69 Å². The van der Waals surface area contributed by atoms with Gasteiger partial charge in [-0.2, -0.15) is 0 Å². The molecule has 1 heterocycles. The Balaban J connectivity index is 1.77. The summed E-state index contributed by atoms with van der Waals surface area (Å²) in [7, 11) is 1.57. The van der Waals surface area contributed by atoms with Crippen molar-refractivity contribution < 1.29 is 14.4 Å². The van der Waals surface area contributed by atoms with E-state index in [-0.39, 0.29) is 29.2 Å². The molecule has 3 amide bonds. The van der Waals surface area contributed by atoms with Crippen LogP contribution in [0, 0.1) is 0 Å². The second-order valence-electron chi connectivity index (χ2n) is 5.19. The Morgan fingerprint density at radius 3 is 2.70 bits per heavy atom. The average molecular weight is 335 g/mol. The number of nitrogens with one attached hydrogen (secondary N) is 2. The summed E-state index contributed by atoms with van der Waals surface area (Å²) < 4.78 is 0. The van der Waals surface area contributed by atoms with Gasteiger partial charge >= 0.3 is 0 Å². The second-order valence-corrected chi connectivity index (χ2v) is 6.18. The smallest absolute Gasteiger partial charge is 0.230 e. The van der Waals surface area contributed by atoms with Crippen molar-refractivity contribution in [2.45, 2.75) is 12.8 Å². The Hall–Kier alpha value is -2.02. The molecular formula is C16H21N3O3S. The van der Waals surface area contributed by atoms with Crippen LogP contribution in [0.3, 0.4) is 0 Å². The molecule has 0 saturated heterocycles. The lowest BCUT2D eigenvalue weighted by Crippen LogP contribution is -2.41. The first-order valence-corrected chi connectivity index (χ1v) is 8.70. The second kappa shape index (κ2) is 8.57. The molecule has 0 aliphatic carbocycles. The molecule has 1 aromatic carbocycles. The van der Waals surface area contributed by atoms with Crippen molar-refractivity contribution in [2.75, 3.05) is 36.5 Å². The molecule has 1 aliphatic heterocycles. The number of amides is 3. The van der Waals surface area contributed by atoms with Crippen molar-refractivity contribution in [1.82, 2.24) is 10.6 Å². The summed E-state index contributed by atoms with van der Waals surface area (Å²) in [6.45, 7) is 0.862. The normalized spacial score (nSPS) is 13.4. The molecule has 0 bridgehead atoms. The van der Waals surface area contributed by atoms with Crippen LogP contribution < -0.4 is 15.5 Å². The van der Waals surface area contributed by atoms with Gasteiger partial charge in [0.15, 0.2) is 0 Å². The fraction of sp³-hybridized carbons (Fsp3) is 0.438. The van der Waals surface area contributed by atoms with E-state index in [0.717, 1.165) is 12.1 Å². The number of carbonyl (C=O) groups is 3. The molecule has 2 N–H and O–H groups in total. The third-order valence-corrected chi connectivity index (χ3v) is 4.53. The van der Waals surface area contributed by atoms with Crippen LogP contribution in [0.5, 0.6) is 0 Å². The van der Waals surface area contributed by atoms with Gasteiger partial charge in [-0.3, -0.25) is 14.4 Å².